The molecule has 2 aromatic rings. The van der Waals surface area contributed by atoms with Crippen LogP contribution in [0, 0.1) is 0 Å². The molecule has 2 rings (SSSR count). The van der Waals surface area contributed by atoms with Crippen LogP contribution in [0.25, 0.3) is 0 Å². The highest BCUT2D eigenvalue weighted by atomic mass is 16.5. The van der Waals surface area contributed by atoms with Gasteiger partial charge in [0.1, 0.15) is 12.6 Å². The lowest BCUT2D eigenvalue weighted by molar-refractivity contribution is -0.148. The minimum atomic E-state index is -0.627. The highest BCUT2D eigenvalue weighted by Gasteiger charge is 2.16. The van der Waals surface area contributed by atoms with E-state index in [0.29, 0.717) is 0 Å². The Kier molecular flexibility index (Phi) is 4.13. The number of carbonyl (C=O) groups is 1. The zero-order valence-corrected chi connectivity index (χ0v) is 10.7. The average molecular weight is 257 g/mol. The van der Waals surface area contributed by atoms with Gasteiger partial charge in [0, 0.05) is 12.3 Å². The molecular weight excluding hydrogens is 242 g/mol. The Bertz CT molecular complexity index is 604. The molecule has 98 valence electrons. The molecule has 1 unspecified atom stereocenters. The van der Waals surface area contributed by atoms with Crippen molar-refractivity contribution < 1.29 is 9.53 Å². The molecule has 0 aliphatic carbocycles. The molecule has 4 heteroatoms. The summed E-state index contributed by atoms with van der Waals surface area (Å²) >= 11 is 0. The maximum atomic E-state index is 11.9. The summed E-state index contributed by atoms with van der Waals surface area (Å²) < 4.78 is 6.56. The third-order valence-electron chi connectivity index (χ3n) is 2.83. The maximum absolute atomic E-state index is 11.9. The minimum Gasteiger partial charge on any atom is -0.459 e. The average Bonchev–Trinajstić information content (AvgIpc) is 2.45. The molecule has 0 amide bonds. The number of aromatic nitrogens is 1. The first-order chi connectivity index (χ1) is 9.18. The van der Waals surface area contributed by atoms with Gasteiger partial charge in [-0.1, -0.05) is 36.4 Å². The normalized spacial score (nSPS) is 11.8. The van der Waals surface area contributed by atoms with E-state index in [4.69, 9.17) is 4.74 Å². The van der Waals surface area contributed by atoms with Gasteiger partial charge in [-0.05, 0) is 18.6 Å². The molecule has 1 aromatic heterocycles. The molecule has 4 nitrogen and oxygen atoms in total. The number of carbonyl (C=O) groups excluding carboxylic acids is 1. The van der Waals surface area contributed by atoms with Crippen molar-refractivity contribution in [3.05, 3.63) is 70.6 Å². The molecule has 0 saturated heterocycles. The molecule has 1 atom stereocenters. The van der Waals surface area contributed by atoms with Crippen LogP contribution in [-0.4, -0.2) is 10.5 Å². The third kappa shape index (κ3) is 3.31. The minimum absolute atomic E-state index is 0.214. The molecule has 0 spiro atoms. The molecular formula is C15H15NO3. The highest BCUT2D eigenvalue weighted by Crippen LogP contribution is 2.07. The van der Waals surface area contributed by atoms with Crippen molar-refractivity contribution in [2.45, 2.75) is 19.6 Å². The second-order valence-electron chi connectivity index (χ2n) is 4.22. The number of rotatable bonds is 4. The van der Waals surface area contributed by atoms with Crippen molar-refractivity contribution in [3.8, 4) is 0 Å². The summed E-state index contributed by atoms with van der Waals surface area (Å²) in [5.74, 6) is -0.419. The molecule has 0 fully saturated rings. The van der Waals surface area contributed by atoms with Gasteiger partial charge in [0.25, 0.3) is 5.56 Å². The SMILES string of the molecule is CC(C(=O)OCc1ccccc1)n1ccccc1=O. The van der Waals surface area contributed by atoms with Crippen LogP contribution in [0.1, 0.15) is 18.5 Å². The fourth-order valence-corrected chi connectivity index (χ4v) is 1.72. The number of esters is 1. The first-order valence-electron chi connectivity index (χ1n) is 6.06. The van der Waals surface area contributed by atoms with Crippen molar-refractivity contribution in [1.29, 1.82) is 0 Å². The van der Waals surface area contributed by atoms with Crippen LogP contribution < -0.4 is 5.56 Å². The topological polar surface area (TPSA) is 48.3 Å². The third-order valence-corrected chi connectivity index (χ3v) is 2.83. The summed E-state index contributed by atoms with van der Waals surface area (Å²) in [6, 6.07) is 13.6. The number of benzene rings is 1. The van der Waals surface area contributed by atoms with Gasteiger partial charge >= 0.3 is 5.97 Å². The lowest BCUT2D eigenvalue weighted by atomic mass is 10.2. The van der Waals surface area contributed by atoms with Gasteiger partial charge in [0.2, 0.25) is 0 Å². The van der Waals surface area contributed by atoms with Crippen molar-refractivity contribution in [1.82, 2.24) is 4.57 Å². The van der Waals surface area contributed by atoms with Gasteiger partial charge in [-0.2, -0.15) is 0 Å². The fourth-order valence-electron chi connectivity index (χ4n) is 1.72. The second-order valence-corrected chi connectivity index (χ2v) is 4.22. The molecule has 0 bridgehead atoms. The van der Waals surface area contributed by atoms with Crippen LogP contribution in [-0.2, 0) is 16.1 Å². The lowest BCUT2D eigenvalue weighted by Gasteiger charge is -2.14. The van der Waals surface area contributed by atoms with Crippen molar-refractivity contribution in [2.75, 3.05) is 0 Å². The summed E-state index contributed by atoms with van der Waals surface area (Å²) in [5.41, 5.74) is 0.704. The molecule has 1 heterocycles. The summed E-state index contributed by atoms with van der Waals surface area (Å²) in [6.45, 7) is 1.86. The van der Waals surface area contributed by atoms with E-state index in [1.165, 1.54) is 10.6 Å². The highest BCUT2D eigenvalue weighted by molar-refractivity contribution is 5.73. The molecule has 0 aliphatic heterocycles. The maximum Gasteiger partial charge on any atom is 0.329 e. The monoisotopic (exact) mass is 257 g/mol. The van der Waals surface area contributed by atoms with E-state index in [0.717, 1.165) is 5.56 Å². The summed E-state index contributed by atoms with van der Waals surface area (Å²) in [5, 5.41) is 0. The Morgan fingerprint density at radius 1 is 1.16 bits per heavy atom. The van der Waals surface area contributed by atoms with Crippen LogP contribution in [0.15, 0.2) is 59.5 Å². The fraction of sp³-hybridized carbons (Fsp3) is 0.200. The number of pyridine rings is 1. The van der Waals surface area contributed by atoms with Gasteiger partial charge in [0.05, 0.1) is 0 Å². The smallest absolute Gasteiger partial charge is 0.329 e. The zero-order chi connectivity index (χ0) is 13.7. The van der Waals surface area contributed by atoms with E-state index in [1.54, 1.807) is 25.3 Å². The Morgan fingerprint density at radius 3 is 2.53 bits per heavy atom. The van der Waals surface area contributed by atoms with Crippen molar-refractivity contribution >= 4 is 5.97 Å². The van der Waals surface area contributed by atoms with Gasteiger partial charge in [-0.3, -0.25) is 4.79 Å². The van der Waals surface area contributed by atoms with E-state index in [9.17, 15) is 9.59 Å². The molecule has 19 heavy (non-hydrogen) atoms. The van der Waals surface area contributed by atoms with Gasteiger partial charge in [-0.15, -0.1) is 0 Å². The predicted octanol–water partition coefficient (Wildman–Crippen LogP) is 2.15. The molecule has 0 aliphatic rings. The lowest BCUT2D eigenvalue weighted by Crippen LogP contribution is -2.28. The van der Waals surface area contributed by atoms with Crippen LogP contribution in [0.4, 0.5) is 0 Å². The van der Waals surface area contributed by atoms with Crippen LogP contribution >= 0.6 is 0 Å². The Morgan fingerprint density at radius 2 is 1.84 bits per heavy atom. The van der Waals surface area contributed by atoms with Gasteiger partial charge in [-0.25, -0.2) is 4.79 Å². The number of hydrogen-bond donors (Lipinski definition) is 0. The van der Waals surface area contributed by atoms with E-state index in [-0.39, 0.29) is 12.2 Å². The molecule has 0 saturated carbocycles. The standard InChI is InChI=1S/C15H15NO3/c1-12(16-10-6-5-9-14(16)17)15(18)19-11-13-7-3-2-4-8-13/h2-10,12H,11H2,1H3. The number of ether oxygens (including phenoxy) is 1. The summed E-state index contributed by atoms with van der Waals surface area (Å²) in [6.07, 6.45) is 1.58. The molecule has 0 N–H and O–H groups in total. The number of hydrogen-bond acceptors (Lipinski definition) is 3. The van der Waals surface area contributed by atoms with E-state index in [2.05, 4.69) is 0 Å². The Hall–Kier alpha value is -2.36. The van der Waals surface area contributed by atoms with E-state index >= 15 is 0 Å². The summed E-state index contributed by atoms with van der Waals surface area (Å²) in [4.78, 5) is 23.5. The van der Waals surface area contributed by atoms with Gasteiger partial charge < -0.3 is 9.30 Å². The zero-order valence-electron chi connectivity index (χ0n) is 10.7. The van der Waals surface area contributed by atoms with Crippen LogP contribution in [0.5, 0.6) is 0 Å². The van der Waals surface area contributed by atoms with Crippen LogP contribution in [0.2, 0.25) is 0 Å². The molecule has 1 aromatic carbocycles. The predicted molar refractivity (Wildman–Crippen MR) is 71.7 cm³/mol. The Labute approximate surface area is 111 Å². The largest absolute Gasteiger partial charge is 0.459 e. The Balaban J connectivity index is 2.01. The van der Waals surface area contributed by atoms with Crippen LogP contribution in [0.3, 0.4) is 0 Å². The quantitative estimate of drug-likeness (QED) is 0.788. The molecule has 0 radical (unpaired) electrons. The summed E-state index contributed by atoms with van der Waals surface area (Å²) in [7, 11) is 0. The second kappa shape index (κ2) is 6.00. The van der Waals surface area contributed by atoms with Crippen molar-refractivity contribution in [3.63, 3.8) is 0 Å². The van der Waals surface area contributed by atoms with Crippen molar-refractivity contribution in [2.24, 2.45) is 0 Å². The first kappa shape index (κ1) is 13.1. The van der Waals surface area contributed by atoms with Gasteiger partial charge in [0.15, 0.2) is 0 Å². The first-order valence-corrected chi connectivity index (χ1v) is 6.06. The van der Waals surface area contributed by atoms with E-state index in [1.807, 2.05) is 30.3 Å². The van der Waals surface area contributed by atoms with E-state index < -0.39 is 12.0 Å². The number of nitrogens with zero attached hydrogens (tertiary/aromatic N) is 1.